The van der Waals surface area contributed by atoms with Crippen molar-refractivity contribution in [3.8, 4) is 6.07 Å². The summed E-state index contributed by atoms with van der Waals surface area (Å²) in [6, 6.07) is 22.5. The van der Waals surface area contributed by atoms with Crippen LogP contribution >= 0.6 is 0 Å². The van der Waals surface area contributed by atoms with Crippen molar-refractivity contribution in [2.45, 2.75) is 31.8 Å². The van der Waals surface area contributed by atoms with Crippen LogP contribution in [0.5, 0.6) is 0 Å². The average Bonchev–Trinajstić information content (AvgIpc) is 2.92. The topological polar surface area (TPSA) is 101 Å². The van der Waals surface area contributed by atoms with Crippen LogP contribution in [-0.2, 0) is 9.59 Å². The van der Waals surface area contributed by atoms with Gasteiger partial charge in [0.25, 0.3) is 0 Å². The molecule has 0 aliphatic carbocycles. The van der Waals surface area contributed by atoms with Crippen molar-refractivity contribution in [1.29, 1.82) is 5.26 Å². The quantitative estimate of drug-likeness (QED) is 0.493. The third-order valence-corrected chi connectivity index (χ3v) is 6.76. The Bertz CT molecular complexity index is 1250. The number of hydrogen-bond donors (Lipinski definition) is 2. The molecule has 2 heterocycles. The summed E-state index contributed by atoms with van der Waals surface area (Å²) >= 11 is 0. The minimum Gasteiger partial charge on any atom is -0.356 e. The van der Waals surface area contributed by atoms with Crippen molar-refractivity contribution in [3.63, 3.8) is 0 Å². The Morgan fingerprint density at radius 1 is 1.11 bits per heavy atom. The summed E-state index contributed by atoms with van der Waals surface area (Å²) in [5.41, 5.74) is 3.42. The Kier molecular flexibility index (Phi) is 8.16. The van der Waals surface area contributed by atoms with Crippen molar-refractivity contribution in [3.05, 3.63) is 89.6 Å². The minimum atomic E-state index is -0.571. The number of amides is 2. The summed E-state index contributed by atoms with van der Waals surface area (Å²) in [4.78, 5) is 33.7. The van der Waals surface area contributed by atoms with Gasteiger partial charge < -0.3 is 20.4 Å². The number of nitriles is 1. The van der Waals surface area contributed by atoms with E-state index in [1.165, 1.54) is 0 Å². The Morgan fingerprint density at radius 3 is 2.49 bits per heavy atom. The summed E-state index contributed by atoms with van der Waals surface area (Å²) in [6.45, 7) is 5.69. The Hall–Kier alpha value is -4.22. The first-order valence-electron chi connectivity index (χ1n) is 12.4. The molecule has 0 spiro atoms. The highest BCUT2D eigenvalue weighted by Gasteiger charge is 2.27. The molecule has 190 valence electrons. The van der Waals surface area contributed by atoms with Crippen LogP contribution < -0.4 is 15.5 Å². The molecular weight excluding hydrogens is 464 g/mol. The van der Waals surface area contributed by atoms with Crippen molar-refractivity contribution >= 4 is 23.3 Å². The molecule has 37 heavy (non-hydrogen) atoms. The molecule has 2 aromatic carbocycles. The molecule has 8 nitrogen and oxygen atoms in total. The molecule has 1 saturated heterocycles. The number of piperazine rings is 1. The number of pyridine rings is 1. The Morgan fingerprint density at radius 2 is 1.84 bits per heavy atom. The summed E-state index contributed by atoms with van der Waals surface area (Å²) in [5.74, 6) is 0.450. The van der Waals surface area contributed by atoms with E-state index in [1.54, 1.807) is 29.3 Å². The van der Waals surface area contributed by atoms with Crippen LogP contribution in [0.25, 0.3) is 0 Å². The molecule has 1 aliphatic rings. The number of aromatic nitrogens is 1. The van der Waals surface area contributed by atoms with Gasteiger partial charge in [-0.2, -0.15) is 5.26 Å². The van der Waals surface area contributed by atoms with Gasteiger partial charge in [0.1, 0.15) is 11.9 Å². The van der Waals surface area contributed by atoms with Crippen LogP contribution in [0.3, 0.4) is 0 Å². The van der Waals surface area contributed by atoms with Crippen LogP contribution in [0.2, 0.25) is 0 Å². The van der Waals surface area contributed by atoms with Crippen molar-refractivity contribution in [2.24, 2.45) is 0 Å². The zero-order chi connectivity index (χ0) is 26.4. The van der Waals surface area contributed by atoms with E-state index in [9.17, 15) is 9.59 Å². The molecule has 4 rings (SSSR count). The lowest BCUT2D eigenvalue weighted by Crippen LogP contribution is -2.53. The third kappa shape index (κ3) is 6.32. The van der Waals surface area contributed by atoms with Gasteiger partial charge >= 0.3 is 0 Å². The summed E-state index contributed by atoms with van der Waals surface area (Å²) in [7, 11) is 1.81. The van der Waals surface area contributed by atoms with Crippen LogP contribution in [0.4, 0.5) is 11.5 Å². The van der Waals surface area contributed by atoms with Gasteiger partial charge in [0.15, 0.2) is 0 Å². The molecule has 0 unspecified atom stereocenters. The van der Waals surface area contributed by atoms with Gasteiger partial charge in [0.05, 0.1) is 30.1 Å². The van der Waals surface area contributed by atoms with E-state index in [4.69, 9.17) is 5.26 Å². The summed E-state index contributed by atoms with van der Waals surface area (Å²) in [6.07, 6.45) is 1.70. The zero-order valence-corrected chi connectivity index (χ0v) is 21.4. The first-order chi connectivity index (χ1) is 17.9. The summed E-state index contributed by atoms with van der Waals surface area (Å²) in [5, 5.41) is 15.4. The normalized spacial score (nSPS) is 17.1. The summed E-state index contributed by atoms with van der Waals surface area (Å²) < 4.78 is 0. The fourth-order valence-electron chi connectivity index (χ4n) is 4.50. The number of carbonyl (C=O) groups excluding carboxylic acids is 2. The number of likely N-dealkylation sites (N-methyl/N-ethyl adjacent to an activating group) is 1. The molecular formula is C29H32N6O2. The predicted octanol–water partition coefficient (Wildman–Crippen LogP) is 3.69. The molecule has 0 radical (unpaired) electrons. The maximum absolute atomic E-state index is 13.4. The van der Waals surface area contributed by atoms with E-state index < -0.39 is 6.04 Å². The number of anilines is 2. The molecule has 3 atom stereocenters. The standard InChI is InChI=1S/C29H32N6O2/c1-20(23-11-9-22(15-30)10-12-23)16-32-28(24-7-5-4-6-8-24)29(37)33-26-14-13-25(17-31-26)35-19-27(36)34(3)18-21(35)2/h4-14,17,20-21,28,32H,16,18-19H2,1-3H3,(H,31,33,37)/t20-,21-,28+/m1/s1. The molecule has 2 amide bonds. The van der Waals surface area contributed by atoms with Gasteiger partial charge in [-0.1, -0.05) is 49.4 Å². The van der Waals surface area contributed by atoms with Crippen LogP contribution in [-0.4, -0.2) is 54.4 Å². The Balaban J connectivity index is 1.44. The van der Waals surface area contributed by atoms with E-state index in [-0.39, 0.29) is 23.8 Å². The maximum Gasteiger partial charge on any atom is 0.247 e. The van der Waals surface area contributed by atoms with Crippen LogP contribution in [0.1, 0.15) is 42.5 Å². The smallest absolute Gasteiger partial charge is 0.247 e. The van der Waals surface area contributed by atoms with Crippen LogP contribution in [0.15, 0.2) is 72.9 Å². The lowest BCUT2D eigenvalue weighted by Gasteiger charge is -2.39. The molecule has 1 aliphatic heterocycles. The van der Waals surface area contributed by atoms with Crippen LogP contribution in [0, 0.1) is 11.3 Å². The third-order valence-electron chi connectivity index (χ3n) is 6.76. The first-order valence-corrected chi connectivity index (χ1v) is 12.4. The van der Waals surface area contributed by atoms with E-state index >= 15 is 0 Å². The molecule has 8 heteroatoms. The second kappa shape index (κ2) is 11.7. The highest BCUT2D eigenvalue weighted by molar-refractivity contribution is 5.95. The lowest BCUT2D eigenvalue weighted by molar-refractivity contribution is -0.130. The fourth-order valence-corrected chi connectivity index (χ4v) is 4.50. The van der Waals surface area contributed by atoms with Crippen molar-refractivity contribution in [2.75, 3.05) is 36.9 Å². The number of carbonyl (C=O) groups is 2. The average molecular weight is 497 g/mol. The molecule has 1 aromatic heterocycles. The molecule has 3 aromatic rings. The van der Waals surface area contributed by atoms with Gasteiger partial charge in [-0.3, -0.25) is 9.59 Å². The van der Waals surface area contributed by atoms with Gasteiger partial charge in [0.2, 0.25) is 11.8 Å². The fraction of sp³-hybridized carbons (Fsp3) is 0.310. The first kappa shape index (κ1) is 25.9. The maximum atomic E-state index is 13.4. The van der Waals surface area contributed by atoms with Crippen molar-refractivity contribution in [1.82, 2.24) is 15.2 Å². The molecule has 0 saturated carbocycles. The monoisotopic (exact) mass is 496 g/mol. The number of nitrogens with zero attached hydrogens (tertiary/aromatic N) is 4. The SMILES string of the molecule is C[C@H](CN[C@H](C(=O)Nc1ccc(N2CC(=O)N(C)C[C@H]2C)cn1)c1ccccc1)c1ccc(C#N)cc1. The Labute approximate surface area is 217 Å². The predicted molar refractivity (Wildman–Crippen MR) is 144 cm³/mol. The van der Waals surface area contributed by atoms with Gasteiger partial charge in [-0.05, 0) is 48.2 Å². The van der Waals surface area contributed by atoms with Gasteiger partial charge in [0, 0.05) is 26.2 Å². The number of hydrogen-bond acceptors (Lipinski definition) is 6. The number of nitrogens with one attached hydrogen (secondary N) is 2. The number of rotatable bonds is 8. The second-order valence-electron chi connectivity index (χ2n) is 9.53. The lowest BCUT2D eigenvalue weighted by atomic mass is 9.98. The largest absolute Gasteiger partial charge is 0.356 e. The van der Waals surface area contributed by atoms with E-state index in [2.05, 4.69) is 35.5 Å². The van der Waals surface area contributed by atoms with Gasteiger partial charge in [-0.25, -0.2) is 4.98 Å². The zero-order valence-electron chi connectivity index (χ0n) is 21.4. The second-order valence-corrected chi connectivity index (χ2v) is 9.53. The molecule has 1 fully saturated rings. The minimum absolute atomic E-state index is 0.0718. The highest BCUT2D eigenvalue weighted by Crippen LogP contribution is 2.23. The molecule has 0 bridgehead atoms. The van der Waals surface area contributed by atoms with E-state index in [0.29, 0.717) is 31.0 Å². The van der Waals surface area contributed by atoms with E-state index in [1.807, 2.05) is 60.5 Å². The van der Waals surface area contributed by atoms with Gasteiger partial charge in [-0.15, -0.1) is 0 Å². The number of benzene rings is 2. The van der Waals surface area contributed by atoms with Crippen molar-refractivity contribution < 1.29 is 9.59 Å². The highest BCUT2D eigenvalue weighted by atomic mass is 16.2. The molecule has 2 N–H and O–H groups in total. The van der Waals surface area contributed by atoms with E-state index in [0.717, 1.165) is 16.8 Å².